The third-order valence-corrected chi connectivity index (χ3v) is 3.68. The number of ether oxygens (including phenoxy) is 1. The van der Waals surface area contributed by atoms with Crippen molar-refractivity contribution >= 4 is 23.3 Å². The zero-order valence-electron chi connectivity index (χ0n) is 12.2. The number of hydrogen-bond donors (Lipinski definition) is 2. The number of esters is 1. The SMILES string of the molecule is CCOC(=O)c1cccc(N)c1N1CCCCC1C(N)=O. The van der Waals surface area contributed by atoms with Gasteiger partial charge in [-0.3, -0.25) is 4.79 Å². The molecule has 1 aliphatic rings. The third kappa shape index (κ3) is 3.09. The molecule has 0 bridgehead atoms. The van der Waals surface area contributed by atoms with Crippen molar-refractivity contribution in [2.75, 3.05) is 23.8 Å². The second-order valence-corrected chi connectivity index (χ2v) is 5.07. The highest BCUT2D eigenvalue weighted by Gasteiger charge is 2.31. The van der Waals surface area contributed by atoms with E-state index < -0.39 is 17.9 Å². The van der Waals surface area contributed by atoms with Crippen LogP contribution in [0.1, 0.15) is 36.5 Å². The topological polar surface area (TPSA) is 98.7 Å². The maximum atomic E-state index is 12.1. The first-order valence-electron chi connectivity index (χ1n) is 7.17. The quantitative estimate of drug-likeness (QED) is 0.643. The molecule has 4 N–H and O–H groups in total. The second kappa shape index (κ2) is 6.47. The molecule has 1 unspecified atom stereocenters. The van der Waals surface area contributed by atoms with Crippen molar-refractivity contribution in [3.05, 3.63) is 23.8 Å². The Hall–Kier alpha value is -2.24. The molecule has 1 fully saturated rings. The van der Waals surface area contributed by atoms with Gasteiger partial charge in [0.25, 0.3) is 0 Å². The summed E-state index contributed by atoms with van der Waals surface area (Å²) in [5.74, 6) is -0.832. The Balaban J connectivity index is 2.45. The lowest BCUT2D eigenvalue weighted by Gasteiger charge is -2.37. The summed E-state index contributed by atoms with van der Waals surface area (Å²) < 4.78 is 5.07. The van der Waals surface area contributed by atoms with E-state index in [0.29, 0.717) is 29.9 Å². The normalized spacial score (nSPS) is 18.3. The number of rotatable bonds is 4. The minimum absolute atomic E-state index is 0.284. The number of nitrogen functional groups attached to an aromatic ring is 1. The largest absolute Gasteiger partial charge is 0.462 e. The van der Waals surface area contributed by atoms with Crippen LogP contribution in [-0.2, 0) is 9.53 Å². The van der Waals surface area contributed by atoms with Crippen LogP contribution in [0.4, 0.5) is 11.4 Å². The predicted molar refractivity (Wildman–Crippen MR) is 81.0 cm³/mol. The Morgan fingerprint density at radius 2 is 2.14 bits per heavy atom. The van der Waals surface area contributed by atoms with E-state index in [1.54, 1.807) is 25.1 Å². The molecule has 1 aliphatic heterocycles. The molecular formula is C15H21N3O3. The van der Waals surface area contributed by atoms with E-state index in [4.69, 9.17) is 16.2 Å². The molecule has 0 saturated carbocycles. The van der Waals surface area contributed by atoms with Crippen LogP contribution < -0.4 is 16.4 Å². The van der Waals surface area contributed by atoms with Crippen molar-refractivity contribution in [1.29, 1.82) is 0 Å². The number of anilines is 2. The number of piperidine rings is 1. The number of carbonyl (C=O) groups is 2. The van der Waals surface area contributed by atoms with Crippen LogP contribution in [0.3, 0.4) is 0 Å². The van der Waals surface area contributed by atoms with E-state index in [-0.39, 0.29) is 6.61 Å². The van der Waals surface area contributed by atoms with Crippen molar-refractivity contribution < 1.29 is 14.3 Å². The van der Waals surface area contributed by atoms with E-state index >= 15 is 0 Å². The second-order valence-electron chi connectivity index (χ2n) is 5.07. The third-order valence-electron chi connectivity index (χ3n) is 3.68. The number of carbonyl (C=O) groups excluding carboxylic acids is 2. The van der Waals surface area contributed by atoms with E-state index in [0.717, 1.165) is 12.8 Å². The molecule has 21 heavy (non-hydrogen) atoms. The summed E-state index contributed by atoms with van der Waals surface area (Å²) >= 11 is 0. The minimum Gasteiger partial charge on any atom is -0.462 e. The van der Waals surface area contributed by atoms with Gasteiger partial charge in [0.1, 0.15) is 6.04 Å². The van der Waals surface area contributed by atoms with E-state index in [2.05, 4.69) is 0 Å². The lowest BCUT2D eigenvalue weighted by atomic mass is 9.98. The van der Waals surface area contributed by atoms with E-state index in [1.807, 2.05) is 4.90 Å². The Bertz CT molecular complexity index is 545. The van der Waals surface area contributed by atoms with Gasteiger partial charge in [0, 0.05) is 6.54 Å². The fourth-order valence-electron chi connectivity index (χ4n) is 2.75. The van der Waals surface area contributed by atoms with Crippen LogP contribution in [-0.4, -0.2) is 31.1 Å². The number of nitrogens with two attached hydrogens (primary N) is 2. The molecule has 6 nitrogen and oxygen atoms in total. The van der Waals surface area contributed by atoms with Crippen molar-refractivity contribution in [3.63, 3.8) is 0 Å². The summed E-state index contributed by atoms with van der Waals surface area (Å²) in [6.07, 6.45) is 2.54. The van der Waals surface area contributed by atoms with Gasteiger partial charge in [-0.25, -0.2) is 4.79 Å². The number of hydrogen-bond acceptors (Lipinski definition) is 5. The Kier molecular flexibility index (Phi) is 4.67. The fourth-order valence-corrected chi connectivity index (χ4v) is 2.75. The maximum Gasteiger partial charge on any atom is 0.340 e. The summed E-state index contributed by atoms with van der Waals surface area (Å²) in [4.78, 5) is 25.6. The van der Waals surface area contributed by atoms with Gasteiger partial charge in [-0.15, -0.1) is 0 Å². The molecule has 1 saturated heterocycles. The molecule has 1 amide bonds. The molecule has 1 atom stereocenters. The number of primary amides is 1. The Morgan fingerprint density at radius 3 is 2.81 bits per heavy atom. The van der Waals surface area contributed by atoms with Crippen molar-refractivity contribution in [3.8, 4) is 0 Å². The average molecular weight is 291 g/mol. The molecule has 1 heterocycles. The van der Waals surface area contributed by atoms with Gasteiger partial charge in [-0.1, -0.05) is 6.07 Å². The molecule has 1 aromatic carbocycles. The van der Waals surface area contributed by atoms with Crippen LogP contribution >= 0.6 is 0 Å². The summed E-state index contributed by atoms with van der Waals surface area (Å²) in [5.41, 5.74) is 12.9. The van der Waals surface area contributed by atoms with Crippen LogP contribution in [0.2, 0.25) is 0 Å². The smallest absolute Gasteiger partial charge is 0.340 e. The molecule has 0 radical (unpaired) electrons. The lowest BCUT2D eigenvalue weighted by molar-refractivity contribution is -0.119. The fraction of sp³-hybridized carbons (Fsp3) is 0.467. The Morgan fingerprint density at radius 1 is 1.38 bits per heavy atom. The van der Waals surface area contributed by atoms with Gasteiger partial charge in [-0.2, -0.15) is 0 Å². The molecule has 1 aromatic rings. The van der Waals surface area contributed by atoms with Crippen molar-refractivity contribution in [2.24, 2.45) is 5.73 Å². The number of benzene rings is 1. The van der Waals surface area contributed by atoms with Crippen LogP contribution in [0, 0.1) is 0 Å². The number of nitrogens with zero attached hydrogens (tertiary/aromatic N) is 1. The molecule has 0 spiro atoms. The van der Waals surface area contributed by atoms with Gasteiger partial charge in [0.15, 0.2) is 0 Å². The summed E-state index contributed by atoms with van der Waals surface area (Å²) in [6, 6.07) is 4.65. The monoisotopic (exact) mass is 291 g/mol. The summed E-state index contributed by atoms with van der Waals surface area (Å²) in [5, 5.41) is 0. The van der Waals surface area contributed by atoms with Crippen molar-refractivity contribution in [1.82, 2.24) is 0 Å². The summed E-state index contributed by atoms with van der Waals surface area (Å²) in [7, 11) is 0. The van der Waals surface area contributed by atoms with Crippen LogP contribution in [0.15, 0.2) is 18.2 Å². The zero-order valence-corrected chi connectivity index (χ0v) is 12.2. The van der Waals surface area contributed by atoms with Crippen LogP contribution in [0.25, 0.3) is 0 Å². The molecule has 6 heteroatoms. The molecule has 0 aliphatic carbocycles. The first-order valence-corrected chi connectivity index (χ1v) is 7.17. The highest BCUT2D eigenvalue weighted by Crippen LogP contribution is 2.33. The number of amides is 1. The minimum atomic E-state index is -0.436. The maximum absolute atomic E-state index is 12.1. The first-order chi connectivity index (χ1) is 10.1. The van der Waals surface area contributed by atoms with E-state index in [1.165, 1.54) is 0 Å². The average Bonchev–Trinajstić information content (AvgIpc) is 2.47. The zero-order chi connectivity index (χ0) is 15.4. The van der Waals surface area contributed by atoms with Gasteiger partial charge in [0.2, 0.25) is 5.91 Å². The molecular weight excluding hydrogens is 270 g/mol. The highest BCUT2D eigenvalue weighted by atomic mass is 16.5. The molecule has 114 valence electrons. The predicted octanol–water partition coefficient (Wildman–Crippen LogP) is 1.29. The first kappa shape index (κ1) is 15.2. The van der Waals surface area contributed by atoms with Crippen molar-refractivity contribution in [2.45, 2.75) is 32.2 Å². The van der Waals surface area contributed by atoms with Crippen LogP contribution in [0.5, 0.6) is 0 Å². The number of para-hydroxylation sites is 1. The van der Waals surface area contributed by atoms with Gasteiger partial charge in [0.05, 0.1) is 23.5 Å². The Labute approximate surface area is 124 Å². The van der Waals surface area contributed by atoms with Gasteiger partial charge < -0.3 is 21.1 Å². The standard InChI is InChI=1S/C15H21N3O3/c1-2-21-15(20)10-6-5-7-11(16)13(10)18-9-4-3-8-12(18)14(17)19/h5-7,12H,2-4,8-9,16H2,1H3,(H2,17,19). The molecule has 0 aromatic heterocycles. The summed E-state index contributed by atoms with van der Waals surface area (Å²) in [6.45, 7) is 2.68. The van der Waals surface area contributed by atoms with Gasteiger partial charge >= 0.3 is 5.97 Å². The van der Waals surface area contributed by atoms with E-state index in [9.17, 15) is 9.59 Å². The van der Waals surface area contributed by atoms with Gasteiger partial charge in [-0.05, 0) is 38.3 Å². The molecule has 2 rings (SSSR count). The highest BCUT2D eigenvalue weighted by molar-refractivity contribution is 6.00. The lowest BCUT2D eigenvalue weighted by Crippen LogP contribution is -2.48.